The predicted molar refractivity (Wildman–Crippen MR) is 91.8 cm³/mol. The minimum absolute atomic E-state index is 0.116. The minimum Gasteiger partial charge on any atom is -0.462 e. The van der Waals surface area contributed by atoms with Crippen molar-refractivity contribution in [3.63, 3.8) is 0 Å². The molecule has 0 aromatic rings. The van der Waals surface area contributed by atoms with Crippen LogP contribution in [0.25, 0.3) is 0 Å². The van der Waals surface area contributed by atoms with Gasteiger partial charge in [-0.05, 0) is 67.1 Å². The van der Waals surface area contributed by atoms with Gasteiger partial charge in [0.05, 0.1) is 0 Å². The Hall–Kier alpha value is -1.05. The second-order valence-electron chi connectivity index (χ2n) is 8.92. The molecule has 0 saturated heterocycles. The molecular formula is C21H30O2. The van der Waals surface area contributed by atoms with Crippen LogP contribution >= 0.6 is 0 Å². The topological polar surface area (TPSA) is 26.3 Å². The van der Waals surface area contributed by atoms with Crippen LogP contribution in [0, 0.1) is 28.6 Å². The number of hydrogen-bond donors (Lipinski definition) is 0. The van der Waals surface area contributed by atoms with Crippen LogP contribution in [0.15, 0.2) is 23.8 Å². The molecule has 2 heteroatoms. The zero-order valence-electron chi connectivity index (χ0n) is 14.8. The summed E-state index contributed by atoms with van der Waals surface area (Å²) in [5.74, 6) is 2.40. The van der Waals surface area contributed by atoms with Crippen LogP contribution in [0.2, 0.25) is 0 Å². The molecule has 2 fully saturated rings. The summed E-state index contributed by atoms with van der Waals surface area (Å²) in [5.41, 5.74) is 2.40. The average molecular weight is 314 g/mol. The van der Waals surface area contributed by atoms with Crippen molar-refractivity contribution < 1.29 is 9.53 Å². The highest BCUT2D eigenvalue weighted by Crippen LogP contribution is 2.63. The van der Waals surface area contributed by atoms with Gasteiger partial charge in [-0.3, -0.25) is 4.79 Å². The Balaban J connectivity index is 1.59. The molecule has 0 heterocycles. The number of hydrogen-bond acceptors (Lipinski definition) is 2. The highest BCUT2D eigenvalue weighted by Gasteiger charge is 2.54. The molecule has 0 aliphatic heterocycles. The molecule has 126 valence electrons. The van der Waals surface area contributed by atoms with Crippen molar-refractivity contribution in [2.24, 2.45) is 28.6 Å². The number of allylic oxidation sites excluding steroid dienone is 3. The fourth-order valence-electron chi connectivity index (χ4n) is 6.45. The standard InChI is InChI=1S/C21H30O2/c1-14(22)23-16-8-12-21(3)15(13-16)6-7-17-18-5-4-10-20(18,2)11-9-19(17)21/h4,6,10,16-19H,5,7-9,11-13H2,1-3H3/t16-,17+,18+,19+,20+,21+/m1/s1. The normalized spacial score (nSPS) is 48.0. The summed E-state index contributed by atoms with van der Waals surface area (Å²) in [6.07, 6.45) is 16.0. The first-order valence-corrected chi connectivity index (χ1v) is 9.47. The molecule has 6 atom stereocenters. The van der Waals surface area contributed by atoms with Crippen molar-refractivity contribution in [1.82, 2.24) is 0 Å². The van der Waals surface area contributed by atoms with E-state index in [1.165, 1.54) is 39.0 Å². The molecule has 4 rings (SSSR count). The molecule has 0 N–H and O–H groups in total. The fraction of sp³-hybridized carbons (Fsp3) is 0.762. The Morgan fingerprint density at radius 1 is 1.17 bits per heavy atom. The monoisotopic (exact) mass is 314 g/mol. The first kappa shape index (κ1) is 15.5. The van der Waals surface area contributed by atoms with Gasteiger partial charge in [-0.15, -0.1) is 0 Å². The predicted octanol–water partition coefficient (Wildman–Crippen LogP) is 5.05. The van der Waals surface area contributed by atoms with E-state index in [1.807, 2.05) is 0 Å². The number of carbonyl (C=O) groups excluding carboxylic acids is 1. The van der Waals surface area contributed by atoms with Crippen molar-refractivity contribution in [3.8, 4) is 0 Å². The summed E-state index contributed by atoms with van der Waals surface area (Å²) < 4.78 is 5.52. The van der Waals surface area contributed by atoms with E-state index in [0.29, 0.717) is 10.8 Å². The van der Waals surface area contributed by atoms with Crippen molar-refractivity contribution in [1.29, 1.82) is 0 Å². The van der Waals surface area contributed by atoms with Crippen molar-refractivity contribution >= 4 is 5.97 Å². The van der Waals surface area contributed by atoms with Crippen LogP contribution < -0.4 is 0 Å². The highest BCUT2D eigenvalue weighted by molar-refractivity contribution is 5.66. The van der Waals surface area contributed by atoms with Gasteiger partial charge in [-0.1, -0.05) is 37.6 Å². The van der Waals surface area contributed by atoms with E-state index < -0.39 is 0 Å². The molecule has 0 unspecified atom stereocenters. The summed E-state index contributed by atoms with van der Waals surface area (Å²) in [6, 6.07) is 0. The third kappa shape index (κ3) is 2.32. The van der Waals surface area contributed by atoms with Gasteiger partial charge >= 0.3 is 5.97 Å². The lowest BCUT2D eigenvalue weighted by atomic mass is 9.48. The number of esters is 1. The maximum atomic E-state index is 11.3. The highest BCUT2D eigenvalue weighted by atomic mass is 16.5. The molecule has 2 nitrogen and oxygen atoms in total. The Bertz CT molecular complexity index is 574. The van der Waals surface area contributed by atoms with Crippen LogP contribution in [0.4, 0.5) is 0 Å². The van der Waals surface area contributed by atoms with Gasteiger partial charge in [-0.2, -0.15) is 0 Å². The molecule has 23 heavy (non-hydrogen) atoms. The first-order valence-electron chi connectivity index (χ1n) is 9.47. The van der Waals surface area contributed by atoms with Gasteiger partial charge in [0, 0.05) is 13.3 Å². The molecular weight excluding hydrogens is 284 g/mol. The van der Waals surface area contributed by atoms with E-state index in [4.69, 9.17) is 4.74 Å². The van der Waals surface area contributed by atoms with Gasteiger partial charge in [0.15, 0.2) is 0 Å². The quantitative estimate of drug-likeness (QED) is 0.500. The Morgan fingerprint density at radius 3 is 2.78 bits per heavy atom. The second kappa shape index (κ2) is 5.22. The number of carbonyl (C=O) groups is 1. The molecule has 0 amide bonds. The van der Waals surface area contributed by atoms with Crippen LogP contribution in [0.1, 0.15) is 65.7 Å². The Morgan fingerprint density at radius 2 is 2.00 bits per heavy atom. The van der Waals surface area contributed by atoms with E-state index >= 15 is 0 Å². The lowest BCUT2D eigenvalue weighted by Gasteiger charge is -2.57. The minimum atomic E-state index is -0.127. The van der Waals surface area contributed by atoms with Crippen LogP contribution in [-0.2, 0) is 9.53 Å². The summed E-state index contributed by atoms with van der Waals surface area (Å²) >= 11 is 0. The largest absolute Gasteiger partial charge is 0.462 e. The molecule has 0 bridgehead atoms. The van der Waals surface area contributed by atoms with Gasteiger partial charge in [0.1, 0.15) is 6.10 Å². The van der Waals surface area contributed by atoms with E-state index in [2.05, 4.69) is 32.1 Å². The van der Waals surface area contributed by atoms with Gasteiger partial charge in [0.2, 0.25) is 0 Å². The van der Waals surface area contributed by atoms with E-state index in [-0.39, 0.29) is 12.1 Å². The second-order valence-corrected chi connectivity index (χ2v) is 8.92. The SMILES string of the molecule is CC(=O)O[C@@H]1CC[C@@]2(C)C(=CC[C@H]3[C@@H]4CC=C[C@@]4(C)CC[C@@H]32)C1. The molecule has 0 radical (unpaired) electrons. The zero-order chi connectivity index (χ0) is 16.2. The molecule has 2 saturated carbocycles. The molecule has 4 aliphatic rings. The van der Waals surface area contributed by atoms with E-state index in [0.717, 1.165) is 30.6 Å². The Kier molecular flexibility index (Phi) is 3.52. The van der Waals surface area contributed by atoms with E-state index in [1.54, 1.807) is 5.57 Å². The van der Waals surface area contributed by atoms with Gasteiger partial charge in [0.25, 0.3) is 0 Å². The lowest BCUT2D eigenvalue weighted by molar-refractivity contribution is -0.148. The maximum absolute atomic E-state index is 11.3. The van der Waals surface area contributed by atoms with Crippen LogP contribution in [0.3, 0.4) is 0 Å². The van der Waals surface area contributed by atoms with Gasteiger partial charge < -0.3 is 4.74 Å². The maximum Gasteiger partial charge on any atom is 0.302 e. The fourth-order valence-corrected chi connectivity index (χ4v) is 6.45. The van der Waals surface area contributed by atoms with E-state index in [9.17, 15) is 4.79 Å². The summed E-state index contributed by atoms with van der Waals surface area (Å²) in [4.78, 5) is 11.3. The van der Waals surface area contributed by atoms with Crippen LogP contribution in [0.5, 0.6) is 0 Å². The average Bonchev–Trinajstić information content (AvgIpc) is 2.89. The van der Waals surface area contributed by atoms with Crippen LogP contribution in [-0.4, -0.2) is 12.1 Å². The Labute approximate surface area is 140 Å². The van der Waals surface area contributed by atoms with Crippen molar-refractivity contribution in [2.45, 2.75) is 71.8 Å². The number of ether oxygens (including phenoxy) is 1. The summed E-state index contributed by atoms with van der Waals surface area (Å²) in [6.45, 7) is 6.52. The smallest absolute Gasteiger partial charge is 0.302 e. The number of rotatable bonds is 1. The molecule has 0 aromatic heterocycles. The first-order chi connectivity index (χ1) is 10.9. The summed E-state index contributed by atoms with van der Waals surface area (Å²) in [5, 5.41) is 0. The van der Waals surface area contributed by atoms with Gasteiger partial charge in [-0.25, -0.2) is 0 Å². The van der Waals surface area contributed by atoms with Crippen molar-refractivity contribution in [2.75, 3.05) is 0 Å². The third-order valence-corrected chi connectivity index (χ3v) is 7.72. The third-order valence-electron chi connectivity index (χ3n) is 7.72. The molecule has 0 aromatic carbocycles. The lowest BCUT2D eigenvalue weighted by Crippen LogP contribution is -2.49. The molecule has 4 aliphatic carbocycles. The number of fused-ring (bicyclic) bond motifs is 5. The molecule has 0 spiro atoms. The zero-order valence-corrected chi connectivity index (χ0v) is 14.8. The summed E-state index contributed by atoms with van der Waals surface area (Å²) in [7, 11) is 0. The van der Waals surface area contributed by atoms with Crippen molar-refractivity contribution in [3.05, 3.63) is 23.8 Å².